The van der Waals surface area contributed by atoms with Crippen molar-refractivity contribution in [1.82, 2.24) is 24.6 Å². The molecular weight excluding hydrogens is 422 g/mol. The zero-order valence-electron chi connectivity index (χ0n) is 17.3. The van der Waals surface area contributed by atoms with Crippen LogP contribution >= 0.6 is 0 Å². The van der Waals surface area contributed by atoms with E-state index < -0.39 is 10.0 Å². The van der Waals surface area contributed by atoms with Crippen LogP contribution in [0.25, 0.3) is 0 Å². The van der Waals surface area contributed by atoms with Gasteiger partial charge in [0.25, 0.3) is 5.91 Å². The third kappa shape index (κ3) is 4.78. The fraction of sp³-hybridized carbons (Fsp3) is 0.450. The molecule has 11 heteroatoms. The second-order valence-corrected chi connectivity index (χ2v) is 9.66. The van der Waals surface area contributed by atoms with Crippen LogP contribution in [0.1, 0.15) is 21.8 Å². The minimum Gasteiger partial charge on any atom is -0.360 e. The lowest BCUT2D eigenvalue weighted by Crippen LogP contribution is -2.50. The smallest absolute Gasteiger partial charge is 0.253 e. The van der Waals surface area contributed by atoms with Gasteiger partial charge in [0.05, 0.1) is 23.7 Å². The van der Waals surface area contributed by atoms with Crippen LogP contribution in [0, 0.1) is 6.92 Å². The van der Waals surface area contributed by atoms with Gasteiger partial charge in [-0.15, -0.1) is 0 Å². The van der Waals surface area contributed by atoms with Gasteiger partial charge in [0.1, 0.15) is 0 Å². The summed E-state index contributed by atoms with van der Waals surface area (Å²) in [4.78, 5) is 28.5. The lowest BCUT2D eigenvalue weighted by molar-refractivity contribution is -0.122. The minimum absolute atomic E-state index is 0.0207. The molecule has 4 rings (SSSR count). The number of carbonyl (C=O) groups is 2. The van der Waals surface area contributed by atoms with Gasteiger partial charge in [-0.25, -0.2) is 8.42 Å². The maximum absolute atomic E-state index is 13.0. The second-order valence-electron chi connectivity index (χ2n) is 7.72. The fourth-order valence-corrected chi connectivity index (χ4v) is 5.21. The molecule has 10 nitrogen and oxygen atoms in total. The summed E-state index contributed by atoms with van der Waals surface area (Å²) in [6.07, 6.45) is 0. The third-order valence-corrected chi connectivity index (χ3v) is 7.28. The van der Waals surface area contributed by atoms with Crippen molar-refractivity contribution in [2.45, 2.75) is 18.4 Å². The number of hydrogen-bond acceptors (Lipinski definition) is 7. The number of carbonyl (C=O) groups excluding carboxylic acids is 2. The van der Waals surface area contributed by atoms with E-state index in [0.717, 1.165) is 15.8 Å². The van der Waals surface area contributed by atoms with E-state index in [2.05, 4.69) is 15.4 Å². The van der Waals surface area contributed by atoms with Crippen molar-refractivity contribution in [3.8, 4) is 0 Å². The molecule has 0 saturated carbocycles. The van der Waals surface area contributed by atoms with Gasteiger partial charge in [-0.05, 0) is 25.1 Å². The van der Waals surface area contributed by atoms with Crippen molar-refractivity contribution in [2.75, 3.05) is 45.8 Å². The SMILES string of the molecule is Cc1cc(CN2CCN(C(=O)c3cccc(S(=O)(=O)N4CCNC(=O)C4)c3)CC2)on1. The van der Waals surface area contributed by atoms with E-state index >= 15 is 0 Å². The number of rotatable bonds is 5. The lowest BCUT2D eigenvalue weighted by Gasteiger charge is -2.34. The molecular formula is C20H25N5O5S. The van der Waals surface area contributed by atoms with E-state index in [4.69, 9.17) is 4.52 Å². The highest BCUT2D eigenvalue weighted by molar-refractivity contribution is 7.89. The summed E-state index contributed by atoms with van der Waals surface area (Å²) in [7, 11) is -3.85. The number of hydrogen-bond donors (Lipinski definition) is 1. The summed E-state index contributed by atoms with van der Waals surface area (Å²) in [5, 5.41) is 6.50. The van der Waals surface area contributed by atoms with Gasteiger partial charge in [0.15, 0.2) is 5.76 Å². The number of amides is 2. The summed E-state index contributed by atoms with van der Waals surface area (Å²) in [6, 6.07) is 7.93. The Kier molecular flexibility index (Phi) is 6.08. The highest BCUT2D eigenvalue weighted by Gasteiger charge is 2.30. The zero-order chi connectivity index (χ0) is 22.0. The van der Waals surface area contributed by atoms with E-state index in [0.29, 0.717) is 38.3 Å². The molecule has 0 atom stereocenters. The van der Waals surface area contributed by atoms with E-state index in [1.54, 1.807) is 17.0 Å². The molecule has 0 aliphatic carbocycles. The van der Waals surface area contributed by atoms with Crippen LogP contribution in [-0.4, -0.2) is 85.3 Å². The highest BCUT2D eigenvalue weighted by Crippen LogP contribution is 2.19. The maximum Gasteiger partial charge on any atom is 0.253 e. The quantitative estimate of drug-likeness (QED) is 0.689. The number of nitrogens with zero attached hydrogens (tertiary/aromatic N) is 4. The average molecular weight is 448 g/mol. The molecule has 2 amide bonds. The molecule has 2 aliphatic rings. The Balaban J connectivity index is 1.41. The first-order valence-electron chi connectivity index (χ1n) is 10.1. The molecule has 31 heavy (non-hydrogen) atoms. The Morgan fingerprint density at radius 1 is 1.16 bits per heavy atom. The van der Waals surface area contributed by atoms with Gasteiger partial charge in [0, 0.05) is 50.9 Å². The van der Waals surface area contributed by atoms with Gasteiger partial charge >= 0.3 is 0 Å². The number of aryl methyl sites for hydroxylation is 1. The summed E-state index contributed by atoms with van der Waals surface area (Å²) in [5.41, 5.74) is 1.16. The lowest BCUT2D eigenvalue weighted by atomic mass is 10.2. The molecule has 166 valence electrons. The third-order valence-electron chi connectivity index (χ3n) is 5.44. The van der Waals surface area contributed by atoms with Crippen molar-refractivity contribution in [2.24, 2.45) is 0 Å². The topological polar surface area (TPSA) is 116 Å². The Labute approximate surface area is 180 Å². The van der Waals surface area contributed by atoms with E-state index in [1.165, 1.54) is 12.1 Å². The first-order valence-corrected chi connectivity index (χ1v) is 11.6. The molecule has 0 unspecified atom stereocenters. The summed E-state index contributed by atoms with van der Waals surface area (Å²) >= 11 is 0. The van der Waals surface area contributed by atoms with Gasteiger partial charge < -0.3 is 14.7 Å². The van der Waals surface area contributed by atoms with Crippen LogP contribution in [0.3, 0.4) is 0 Å². The van der Waals surface area contributed by atoms with Crippen LogP contribution in [0.4, 0.5) is 0 Å². The Morgan fingerprint density at radius 2 is 1.94 bits per heavy atom. The normalized spacial score (nSPS) is 18.7. The maximum atomic E-state index is 13.0. The molecule has 1 aromatic heterocycles. The Morgan fingerprint density at radius 3 is 2.61 bits per heavy atom. The van der Waals surface area contributed by atoms with Crippen molar-refractivity contribution in [3.63, 3.8) is 0 Å². The Hall–Kier alpha value is -2.76. The number of benzene rings is 1. The fourth-order valence-electron chi connectivity index (χ4n) is 3.76. The molecule has 2 fully saturated rings. The molecule has 3 heterocycles. The standard InChI is InChI=1S/C20H25N5O5S/c1-15-11-17(30-22-15)13-23-7-9-24(10-8-23)20(27)16-3-2-4-18(12-16)31(28,29)25-6-5-21-19(26)14-25/h2-4,11-12H,5-10,13-14H2,1H3,(H,21,26). The Bertz CT molecular complexity index is 1080. The van der Waals surface area contributed by atoms with Gasteiger partial charge in [-0.1, -0.05) is 11.2 Å². The van der Waals surface area contributed by atoms with Crippen LogP contribution < -0.4 is 5.32 Å². The predicted molar refractivity (Wildman–Crippen MR) is 111 cm³/mol. The van der Waals surface area contributed by atoms with Crippen LogP contribution in [-0.2, 0) is 21.4 Å². The average Bonchev–Trinajstić information content (AvgIpc) is 3.18. The monoisotopic (exact) mass is 447 g/mol. The molecule has 0 bridgehead atoms. The molecule has 0 radical (unpaired) electrons. The summed E-state index contributed by atoms with van der Waals surface area (Å²) in [6.45, 7) is 5.22. The van der Waals surface area contributed by atoms with E-state index in [9.17, 15) is 18.0 Å². The first-order chi connectivity index (χ1) is 14.8. The van der Waals surface area contributed by atoms with Gasteiger partial charge in [-0.2, -0.15) is 4.31 Å². The predicted octanol–water partition coefficient (Wildman–Crippen LogP) is 0.0615. The van der Waals surface area contributed by atoms with Crippen molar-refractivity contribution in [1.29, 1.82) is 0 Å². The molecule has 2 aliphatic heterocycles. The highest BCUT2D eigenvalue weighted by atomic mass is 32.2. The number of sulfonamides is 1. The van der Waals surface area contributed by atoms with E-state index in [-0.39, 0.29) is 36.3 Å². The minimum atomic E-state index is -3.85. The van der Waals surface area contributed by atoms with Gasteiger partial charge in [-0.3, -0.25) is 14.5 Å². The van der Waals surface area contributed by atoms with Crippen LogP contribution in [0.2, 0.25) is 0 Å². The summed E-state index contributed by atoms with van der Waals surface area (Å²) < 4.78 is 32.2. The number of aromatic nitrogens is 1. The number of piperazine rings is 2. The molecule has 2 aromatic rings. The largest absolute Gasteiger partial charge is 0.360 e. The van der Waals surface area contributed by atoms with Crippen molar-refractivity contribution < 1.29 is 22.5 Å². The van der Waals surface area contributed by atoms with Crippen LogP contribution in [0.5, 0.6) is 0 Å². The van der Waals surface area contributed by atoms with Crippen LogP contribution in [0.15, 0.2) is 39.8 Å². The second kappa shape index (κ2) is 8.77. The molecule has 1 aromatic carbocycles. The van der Waals surface area contributed by atoms with Gasteiger partial charge in [0.2, 0.25) is 15.9 Å². The van der Waals surface area contributed by atoms with E-state index in [1.807, 2.05) is 13.0 Å². The molecule has 2 saturated heterocycles. The first kappa shape index (κ1) is 21.5. The number of nitrogens with one attached hydrogen (secondary N) is 1. The molecule has 1 N–H and O–H groups in total. The van der Waals surface area contributed by atoms with Crippen molar-refractivity contribution in [3.05, 3.63) is 47.3 Å². The summed E-state index contributed by atoms with van der Waals surface area (Å²) in [5.74, 6) is 0.255. The zero-order valence-corrected chi connectivity index (χ0v) is 18.1. The van der Waals surface area contributed by atoms with Crippen molar-refractivity contribution >= 4 is 21.8 Å². The molecule has 0 spiro atoms.